The maximum Gasteiger partial charge on any atom is 0.222 e. The number of carbonyl (C=O) groups excluding carboxylic acids is 1. The average molecular weight is 389 g/mol. The van der Waals surface area contributed by atoms with Crippen LogP contribution in [0, 0.1) is 0 Å². The van der Waals surface area contributed by atoms with Crippen LogP contribution in [-0.2, 0) is 4.79 Å². The monoisotopic (exact) mass is 388 g/mol. The highest BCUT2D eigenvalue weighted by molar-refractivity contribution is 6.15. The molecule has 0 N–H and O–H groups in total. The summed E-state index contributed by atoms with van der Waals surface area (Å²) in [7, 11) is 0. The van der Waals surface area contributed by atoms with E-state index in [9.17, 15) is 4.79 Å². The zero-order valence-corrected chi connectivity index (χ0v) is 17.1. The molecule has 1 aromatic carbocycles. The fourth-order valence-electron chi connectivity index (χ4n) is 4.02. The number of benzene rings is 1. The third-order valence-corrected chi connectivity index (χ3v) is 5.65. The first kappa shape index (κ1) is 19.4. The first-order chi connectivity index (χ1) is 14.2. The number of pyridine rings is 1. The minimum Gasteiger partial charge on any atom is -0.368 e. The molecule has 0 saturated carbocycles. The number of nitrogens with zero attached hydrogens (tertiary/aromatic N) is 4. The normalized spacial score (nSPS) is 18.7. The summed E-state index contributed by atoms with van der Waals surface area (Å²) in [5.41, 5.74) is 5.87. The Kier molecular flexibility index (Phi) is 6.03. The molecule has 0 unspecified atom stereocenters. The van der Waals surface area contributed by atoms with E-state index in [2.05, 4.69) is 46.3 Å². The zero-order valence-electron chi connectivity index (χ0n) is 17.1. The van der Waals surface area contributed by atoms with Crippen molar-refractivity contribution in [1.29, 1.82) is 0 Å². The van der Waals surface area contributed by atoms with Crippen LogP contribution in [0.1, 0.15) is 37.3 Å². The van der Waals surface area contributed by atoms with Gasteiger partial charge in [-0.2, -0.15) is 0 Å². The predicted octanol–water partition coefficient (Wildman–Crippen LogP) is 3.81. The van der Waals surface area contributed by atoms with Crippen molar-refractivity contribution in [1.82, 2.24) is 9.88 Å². The van der Waals surface area contributed by atoms with Gasteiger partial charge >= 0.3 is 0 Å². The highest BCUT2D eigenvalue weighted by Gasteiger charge is 2.20. The number of allylic oxidation sites excluding steroid dienone is 1. The Morgan fingerprint density at radius 3 is 2.59 bits per heavy atom. The number of aromatic nitrogens is 1. The highest BCUT2D eigenvalue weighted by Crippen LogP contribution is 2.24. The Bertz CT molecular complexity index is 894. The molecule has 150 valence electrons. The smallest absolute Gasteiger partial charge is 0.222 e. The van der Waals surface area contributed by atoms with Gasteiger partial charge in [0.15, 0.2) is 0 Å². The molecule has 0 atom stereocenters. The summed E-state index contributed by atoms with van der Waals surface area (Å²) in [5.74, 6) is 0.255. The van der Waals surface area contributed by atoms with Gasteiger partial charge in [0.1, 0.15) is 0 Å². The first-order valence-electron chi connectivity index (χ1n) is 10.5. The fraction of sp³-hybridized carbons (Fsp3) is 0.375. The molecule has 1 aromatic heterocycles. The van der Waals surface area contributed by atoms with Gasteiger partial charge in [0.05, 0.1) is 5.71 Å². The quantitative estimate of drug-likeness (QED) is 0.800. The van der Waals surface area contributed by atoms with Crippen molar-refractivity contribution < 1.29 is 4.79 Å². The molecule has 1 amide bonds. The van der Waals surface area contributed by atoms with Gasteiger partial charge in [0.2, 0.25) is 5.91 Å². The summed E-state index contributed by atoms with van der Waals surface area (Å²) in [6, 6.07) is 12.8. The van der Waals surface area contributed by atoms with Crippen LogP contribution in [-0.4, -0.2) is 54.2 Å². The summed E-state index contributed by atoms with van der Waals surface area (Å²) < 4.78 is 0. The van der Waals surface area contributed by atoms with Crippen molar-refractivity contribution in [3.05, 3.63) is 65.5 Å². The van der Waals surface area contributed by atoms with Crippen LogP contribution in [0.15, 0.2) is 59.4 Å². The van der Waals surface area contributed by atoms with Gasteiger partial charge in [-0.1, -0.05) is 19.1 Å². The molecular weight excluding hydrogens is 360 g/mol. The molecule has 0 bridgehead atoms. The topological polar surface area (TPSA) is 48.8 Å². The van der Waals surface area contributed by atoms with Crippen molar-refractivity contribution in [2.24, 2.45) is 4.99 Å². The van der Waals surface area contributed by atoms with E-state index in [0.717, 1.165) is 56.8 Å². The van der Waals surface area contributed by atoms with Crippen LogP contribution in [0.5, 0.6) is 0 Å². The first-order valence-corrected chi connectivity index (χ1v) is 10.5. The van der Waals surface area contributed by atoms with Gasteiger partial charge in [0.25, 0.3) is 0 Å². The van der Waals surface area contributed by atoms with E-state index >= 15 is 0 Å². The third kappa shape index (κ3) is 4.56. The van der Waals surface area contributed by atoms with E-state index in [-0.39, 0.29) is 5.91 Å². The molecular formula is C24H28N4O. The van der Waals surface area contributed by atoms with Gasteiger partial charge in [-0.25, -0.2) is 0 Å². The predicted molar refractivity (Wildman–Crippen MR) is 118 cm³/mol. The van der Waals surface area contributed by atoms with Gasteiger partial charge in [0, 0.05) is 62.8 Å². The molecule has 29 heavy (non-hydrogen) atoms. The van der Waals surface area contributed by atoms with Crippen LogP contribution >= 0.6 is 0 Å². The Morgan fingerprint density at radius 2 is 1.90 bits per heavy atom. The molecule has 1 saturated heterocycles. The number of hydrogen-bond acceptors (Lipinski definition) is 4. The zero-order chi connectivity index (χ0) is 20.1. The van der Waals surface area contributed by atoms with Gasteiger partial charge in [-0.05, 0) is 54.3 Å². The van der Waals surface area contributed by atoms with E-state index in [1.165, 1.54) is 16.8 Å². The van der Waals surface area contributed by atoms with E-state index in [4.69, 9.17) is 4.99 Å². The van der Waals surface area contributed by atoms with Gasteiger partial charge in [-0.15, -0.1) is 0 Å². The summed E-state index contributed by atoms with van der Waals surface area (Å²) in [4.78, 5) is 25.2. The molecule has 5 heteroatoms. The number of anilines is 1. The second-order valence-corrected chi connectivity index (χ2v) is 7.56. The number of aliphatic imine (C=N–C) groups is 1. The van der Waals surface area contributed by atoms with Gasteiger partial charge < -0.3 is 9.80 Å². The maximum absolute atomic E-state index is 11.9. The van der Waals surface area contributed by atoms with Crippen LogP contribution in [0.4, 0.5) is 5.69 Å². The van der Waals surface area contributed by atoms with Crippen molar-refractivity contribution in [2.45, 2.75) is 26.2 Å². The minimum absolute atomic E-state index is 0.255. The Labute approximate surface area is 172 Å². The lowest BCUT2D eigenvalue weighted by atomic mass is 9.95. The van der Waals surface area contributed by atoms with E-state index < -0.39 is 0 Å². The van der Waals surface area contributed by atoms with Crippen molar-refractivity contribution in [3.63, 3.8) is 0 Å². The fourth-order valence-corrected chi connectivity index (χ4v) is 4.02. The second kappa shape index (κ2) is 9.03. The summed E-state index contributed by atoms with van der Waals surface area (Å²) in [6.07, 6.45) is 8.68. The summed E-state index contributed by atoms with van der Waals surface area (Å²) in [6.45, 7) is 6.21. The number of amides is 1. The molecule has 0 aliphatic carbocycles. The number of carbonyl (C=O) groups is 1. The average Bonchev–Trinajstić information content (AvgIpc) is 2.80. The van der Waals surface area contributed by atoms with E-state index in [1.54, 1.807) is 6.20 Å². The summed E-state index contributed by atoms with van der Waals surface area (Å²) in [5, 5.41) is 0. The van der Waals surface area contributed by atoms with Crippen LogP contribution in [0.2, 0.25) is 0 Å². The molecule has 1 fully saturated rings. The Hall–Kier alpha value is -2.95. The highest BCUT2D eigenvalue weighted by atomic mass is 16.2. The summed E-state index contributed by atoms with van der Waals surface area (Å²) >= 11 is 0. The molecule has 2 aliphatic rings. The minimum atomic E-state index is 0.255. The molecule has 5 nitrogen and oxygen atoms in total. The second-order valence-electron chi connectivity index (χ2n) is 7.56. The van der Waals surface area contributed by atoms with E-state index in [0.29, 0.717) is 6.42 Å². The molecule has 2 aromatic rings. The third-order valence-electron chi connectivity index (χ3n) is 5.65. The van der Waals surface area contributed by atoms with Crippen LogP contribution < -0.4 is 4.90 Å². The lowest BCUT2D eigenvalue weighted by Crippen LogP contribution is -2.48. The van der Waals surface area contributed by atoms with E-state index in [1.807, 2.05) is 24.1 Å². The molecule has 2 aliphatic heterocycles. The largest absolute Gasteiger partial charge is 0.368 e. The Balaban J connectivity index is 1.46. The molecule has 4 rings (SSSR count). The maximum atomic E-state index is 11.9. The Morgan fingerprint density at radius 1 is 1.10 bits per heavy atom. The van der Waals surface area contributed by atoms with Crippen LogP contribution in [0.25, 0.3) is 6.08 Å². The number of hydrogen-bond donors (Lipinski definition) is 0. The SMILES string of the molecule is CCC(=O)N1CCN(c2ccc(C=C3CCCN=C3c3cccnc3)cc2)CC1. The number of piperazine rings is 1. The lowest BCUT2D eigenvalue weighted by Gasteiger charge is -2.36. The molecule has 0 spiro atoms. The van der Waals surface area contributed by atoms with Crippen LogP contribution in [0.3, 0.4) is 0 Å². The van der Waals surface area contributed by atoms with Crippen molar-refractivity contribution >= 4 is 23.4 Å². The molecule has 0 radical (unpaired) electrons. The van der Waals surface area contributed by atoms with Crippen molar-refractivity contribution in [3.8, 4) is 0 Å². The number of rotatable bonds is 4. The standard InChI is InChI=1S/C24H28N4O/c1-2-23(29)28-15-13-27(14-16-28)22-9-7-19(8-10-22)17-20-5-4-12-26-24(20)21-6-3-11-25-18-21/h3,6-11,17-18H,2,4-5,12-16H2,1H3. The molecule has 3 heterocycles. The van der Waals surface area contributed by atoms with Crippen molar-refractivity contribution in [2.75, 3.05) is 37.6 Å². The van der Waals surface area contributed by atoms with Gasteiger partial charge in [-0.3, -0.25) is 14.8 Å². The lowest BCUT2D eigenvalue weighted by molar-refractivity contribution is -0.131.